The molecule has 2 aromatic rings. The third-order valence-electron chi connectivity index (χ3n) is 2.72. The number of carbonyl (C=O) groups excluding carboxylic acids is 1. The summed E-state index contributed by atoms with van der Waals surface area (Å²) in [6.45, 7) is 3.66. The van der Waals surface area contributed by atoms with Gasteiger partial charge in [0.25, 0.3) is 0 Å². The second kappa shape index (κ2) is 5.55. The van der Waals surface area contributed by atoms with Crippen molar-refractivity contribution < 1.29 is 4.79 Å². The van der Waals surface area contributed by atoms with Crippen molar-refractivity contribution >= 4 is 16.7 Å². The Labute approximate surface area is 101 Å². The van der Waals surface area contributed by atoms with Gasteiger partial charge in [0.2, 0.25) is 0 Å². The van der Waals surface area contributed by atoms with E-state index in [1.54, 1.807) is 6.20 Å². The molecule has 17 heavy (non-hydrogen) atoms. The van der Waals surface area contributed by atoms with Crippen LogP contribution >= 0.6 is 0 Å². The van der Waals surface area contributed by atoms with Gasteiger partial charge in [0, 0.05) is 30.1 Å². The van der Waals surface area contributed by atoms with Crippen LogP contribution in [0.3, 0.4) is 0 Å². The molecule has 3 heteroatoms. The molecule has 1 aromatic carbocycles. The number of Topliss-reactive ketones (excluding diaryl/α,β-unsaturated/α-hetero) is 1. The molecular formula is C14H16N2O. The molecule has 0 unspecified atom stereocenters. The van der Waals surface area contributed by atoms with Crippen LogP contribution in [0.15, 0.2) is 36.5 Å². The first-order valence-corrected chi connectivity index (χ1v) is 5.90. The molecule has 0 radical (unpaired) electrons. The molecule has 0 saturated heterocycles. The first-order valence-electron chi connectivity index (χ1n) is 5.90. The summed E-state index contributed by atoms with van der Waals surface area (Å²) < 4.78 is 0. The quantitative estimate of drug-likeness (QED) is 0.631. The number of aromatic nitrogens is 1. The zero-order valence-corrected chi connectivity index (χ0v) is 9.94. The summed E-state index contributed by atoms with van der Waals surface area (Å²) in [5, 5.41) is 4.10. The number of benzene rings is 1. The van der Waals surface area contributed by atoms with E-state index in [4.69, 9.17) is 0 Å². The van der Waals surface area contributed by atoms with Crippen molar-refractivity contribution in [3.05, 3.63) is 42.1 Å². The maximum Gasteiger partial charge on any atom is 0.164 e. The van der Waals surface area contributed by atoms with Gasteiger partial charge < -0.3 is 5.32 Å². The first-order chi connectivity index (χ1) is 8.33. The highest BCUT2D eigenvalue weighted by Gasteiger charge is 2.09. The normalized spacial score (nSPS) is 10.6. The lowest BCUT2D eigenvalue weighted by Crippen LogP contribution is -2.17. The van der Waals surface area contributed by atoms with Crippen LogP contribution in [0.4, 0.5) is 0 Å². The Morgan fingerprint density at radius 2 is 2.18 bits per heavy atom. The fourth-order valence-corrected chi connectivity index (χ4v) is 1.86. The standard InChI is InChI=1S/C14H16N2O/c1-2-15-10-8-14(17)12-5-3-7-13-11(12)6-4-9-16-13/h3-7,9,15H,2,8,10H2,1H3. The van der Waals surface area contributed by atoms with Crippen LogP contribution in [0, 0.1) is 0 Å². The lowest BCUT2D eigenvalue weighted by Gasteiger charge is -2.05. The Morgan fingerprint density at radius 1 is 1.29 bits per heavy atom. The number of rotatable bonds is 5. The number of nitrogens with one attached hydrogen (secondary N) is 1. The van der Waals surface area contributed by atoms with Gasteiger partial charge in [-0.1, -0.05) is 25.1 Å². The molecule has 0 amide bonds. The molecule has 0 aliphatic carbocycles. The predicted molar refractivity (Wildman–Crippen MR) is 69.2 cm³/mol. The van der Waals surface area contributed by atoms with Crippen molar-refractivity contribution in [1.29, 1.82) is 0 Å². The van der Waals surface area contributed by atoms with Crippen molar-refractivity contribution in [3.63, 3.8) is 0 Å². The van der Waals surface area contributed by atoms with E-state index in [0.717, 1.165) is 29.6 Å². The van der Waals surface area contributed by atoms with Crippen molar-refractivity contribution in [2.24, 2.45) is 0 Å². The summed E-state index contributed by atoms with van der Waals surface area (Å²) in [6.07, 6.45) is 2.27. The van der Waals surface area contributed by atoms with Crippen LogP contribution in [-0.4, -0.2) is 23.9 Å². The van der Waals surface area contributed by atoms with E-state index in [0.29, 0.717) is 6.42 Å². The second-order valence-corrected chi connectivity index (χ2v) is 3.90. The number of fused-ring (bicyclic) bond motifs is 1. The molecular weight excluding hydrogens is 212 g/mol. The largest absolute Gasteiger partial charge is 0.317 e. The van der Waals surface area contributed by atoms with Crippen LogP contribution in [0.1, 0.15) is 23.7 Å². The fraction of sp³-hybridized carbons (Fsp3) is 0.286. The summed E-state index contributed by atoms with van der Waals surface area (Å²) in [5.41, 5.74) is 1.65. The number of ketones is 1. The predicted octanol–water partition coefficient (Wildman–Crippen LogP) is 2.42. The molecule has 0 atom stereocenters. The molecule has 88 valence electrons. The Hall–Kier alpha value is -1.74. The number of nitrogens with zero attached hydrogens (tertiary/aromatic N) is 1. The van der Waals surface area contributed by atoms with Crippen molar-refractivity contribution in [1.82, 2.24) is 10.3 Å². The number of carbonyl (C=O) groups is 1. The molecule has 3 nitrogen and oxygen atoms in total. The summed E-state index contributed by atoms with van der Waals surface area (Å²) >= 11 is 0. The highest BCUT2D eigenvalue weighted by molar-refractivity contribution is 6.07. The van der Waals surface area contributed by atoms with Crippen molar-refractivity contribution in [3.8, 4) is 0 Å². The average molecular weight is 228 g/mol. The monoisotopic (exact) mass is 228 g/mol. The molecule has 0 saturated carbocycles. The molecule has 1 heterocycles. The minimum absolute atomic E-state index is 0.171. The number of hydrogen-bond acceptors (Lipinski definition) is 3. The van der Waals surface area contributed by atoms with Crippen molar-refractivity contribution in [2.75, 3.05) is 13.1 Å². The topological polar surface area (TPSA) is 42.0 Å². The maximum atomic E-state index is 12.1. The van der Waals surface area contributed by atoms with Crippen LogP contribution in [-0.2, 0) is 0 Å². The maximum absolute atomic E-state index is 12.1. The van der Waals surface area contributed by atoms with Gasteiger partial charge in [-0.15, -0.1) is 0 Å². The molecule has 0 bridgehead atoms. The Balaban J connectivity index is 2.26. The zero-order chi connectivity index (χ0) is 12.1. The smallest absolute Gasteiger partial charge is 0.164 e. The third-order valence-corrected chi connectivity index (χ3v) is 2.72. The van der Waals surface area contributed by atoms with E-state index in [1.165, 1.54) is 0 Å². The highest BCUT2D eigenvalue weighted by Crippen LogP contribution is 2.17. The van der Waals surface area contributed by atoms with Crippen LogP contribution in [0.2, 0.25) is 0 Å². The van der Waals surface area contributed by atoms with Crippen LogP contribution in [0.5, 0.6) is 0 Å². The molecule has 2 rings (SSSR count). The number of pyridine rings is 1. The molecule has 0 fully saturated rings. The SMILES string of the molecule is CCNCCC(=O)c1cccc2ncccc12. The van der Waals surface area contributed by atoms with Gasteiger partial charge >= 0.3 is 0 Å². The lowest BCUT2D eigenvalue weighted by molar-refractivity contribution is 0.0984. The van der Waals surface area contributed by atoms with E-state index in [1.807, 2.05) is 37.3 Å². The molecule has 1 aromatic heterocycles. The van der Waals surface area contributed by atoms with Gasteiger partial charge in [0.15, 0.2) is 5.78 Å². The van der Waals surface area contributed by atoms with E-state index < -0.39 is 0 Å². The van der Waals surface area contributed by atoms with Gasteiger partial charge in [-0.3, -0.25) is 9.78 Å². The minimum atomic E-state index is 0.171. The summed E-state index contributed by atoms with van der Waals surface area (Å²) in [7, 11) is 0. The summed E-state index contributed by atoms with van der Waals surface area (Å²) in [6, 6.07) is 9.50. The van der Waals surface area contributed by atoms with E-state index in [2.05, 4.69) is 10.3 Å². The van der Waals surface area contributed by atoms with E-state index in [9.17, 15) is 4.79 Å². The lowest BCUT2D eigenvalue weighted by atomic mass is 10.0. The third kappa shape index (κ3) is 2.68. The Kier molecular flexibility index (Phi) is 3.83. The van der Waals surface area contributed by atoms with Gasteiger partial charge in [-0.05, 0) is 18.7 Å². The van der Waals surface area contributed by atoms with Gasteiger partial charge in [-0.2, -0.15) is 0 Å². The molecule has 1 N–H and O–H groups in total. The highest BCUT2D eigenvalue weighted by atomic mass is 16.1. The fourth-order valence-electron chi connectivity index (χ4n) is 1.86. The summed E-state index contributed by atoms with van der Waals surface area (Å²) in [4.78, 5) is 16.3. The number of hydrogen-bond donors (Lipinski definition) is 1. The minimum Gasteiger partial charge on any atom is -0.317 e. The van der Waals surface area contributed by atoms with Crippen molar-refractivity contribution in [2.45, 2.75) is 13.3 Å². The zero-order valence-electron chi connectivity index (χ0n) is 9.94. The Bertz CT molecular complexity index is 517. The molecule has 0 aliphatic heterocycles. The van der Waals surface area contributed by atoms with Crippen LogP contribution in [0.25, 0.3) is 10.9 Å². The van der Waals surface area contributed by atoms with Gasteiger partial charge in [0.1, 0.15) is 0 Å². The van der Waals surface area contributed by atoms with E-state index in [-0.39, 0.29) is 5.78 Å². The average Bonchev–Trinajstić information content (AvgIpc) is 2.38. The molecule has 0 spiro atoms. The Morgan fingerprint density at radius 3 is 3.00 bits per heavy atom. The second-order valence-electron chi connectivity index (χ2n) is 3.90. The van der Waals surface area contributed by atoms with Gasteiger partial charge in [-0.25, -0.2) is 0 Å². The van der Waals surface area contributed by atoms with Crippen LogP contribution < -0.4 is 5.32 Å². The first kappa shape index (κ1) is 11.7. The summed E-state index contributed by atoms with van der Waals surface area (Å²) in [5.74, 6) is 0.171. The van der Waals surface area contributed by atoms with Gasteiger partial charge in [0.05, 0.1) is 5.52 Å². The van der Waals surface area contributed by atoms with E-state index >= 15 is 0 Å². The molecule has 0 aliphatic rings.